The van der Waals surface area contributed by atoms with Crippen LogP contribution in [0.3, 0.4) is 0 Å². The van der Waals surface area contributed by atoms with Crippen molar-refractivity contribution in [2.24, 2.45) is 5.92 Å². The molecule has 2 aliphatic heterocycles. The number of likely N-dealkylation sites (tertiary alicyclic amines) is 1. The number of hydrogen-bond acceptors (Lipinski definition) is 4. The highest BCUT2D eigenvalue weighted by Gasteiger charge is 2.46. The number of allylic oxidation sites excluding steroid dienone is 1. The van der Waals surface area contributed by atoms with Crippen molar-refractivity contribution in [2.45, 2.75) is 57.2 Å². The monoisotopic (exact) mass is 370 g/mol. The van der Waals surface area contributed by atoms with Crippen LogP contribution in [0.1, 0.15) is 50.5 Å². The van der Waals surface area contributed by atoms with Crippen LogP contribution in [-0.2, 0) is 20.9 Å². The molecule has 4 rings (SSSR count). The highest BCUT2D eigenvalue weighted by molar-refractivity contribution is 5.93. The van der Waals surface area contributed by atoms with Gasteiger partial charge in [-0.15, -0.1) is 0 Å². The summed E-state index contributed by atoms with van der Waals surface area (Å²) in [6, 6.07) is 3.98. The largest absolute Gasteiger partial charge is 0.377 e. The number of carbonyl (C=O) groups excluding carboxylic acids is 1. The molecule has 0 N–H and O–H groups in total. The summed E-state index contributed by atoms with van der Waals surface area (Å²) in [5.74, 6) is 0.797. The van der Waals surface area contributed by atoms with Crippen molar-refractivity contribution < 1.29 is 14.3 Å². The van der Waals surface area contributed by atoms with E-state index in [-0.39, 0.29) is 11.5 Å². The first-order valence-corrected chi connectivity index (χ1v) is 10.4. The summed E-state index contributed by atoms with van der Waals surface area (Å²) in [5.41, 5.74) is 2.10. The molecule has 2 saturated heterocycles. The second kappa shape index (κ2) is 8.53. The normalized spacial score (nSPS) is 24.4. The van der Waals surface area contributed by atoms with Gasteiger partial charge in [-0.2, -0.15) is 0 Å². The number of piperidine rings is 1. The van der Waals surface area contributed by atoms with Gasteiger partial charge in [-0.3, -0.25) is 9.78 Å². The fraction of sp³-hybridized carbons (Fsp3) is 0.636. The molecule has 2 fully saturated rings. The molecule has 5 nitrogen and oxygen atoms in total. The molecule has 1 spiro atoms. The summed E-state index contributed by atoms with van der Waals surface area (Å²) >= 11 is 0. The molecule has 0 saturated carbocycles. The van der Waals surface area contributed by atoms with Gasteiger partial charge in [0.1, 0.15) is 0 Å². The van der Waals surface area contributed by atoms with E-state index < -0.39 is 0 Å². The molecule has 1 amide bonds. The van der Waals surface area contributed by atoms with Gasteiger partial charge >= 0.3 is 0 Å². The van der Waals surface area contributed by atoms with Crippen LogP contribution < -0.4 is 0 Å². The predicted octanol–water partition coefficient (Wildman–Crippen LogP) is 3.50. The van der Waals surface area contributed by atoms with E-state index in [0.717, 1.165) is 82.4 Å². The van der Waals surface area contributed by atoms with E-state index in [0.29, 0.717) is 12.5 Å². The number of pyridine rings is 1. The Morgan fingerprint density at radius 2 is 2.26 bits per heavy atom. The average Bonchev–Trinajstić information content (AvgIpc) is 3.37. The van der Waals surface area contributed by atoms with Crippen molar-refractivity contribution in [3.05, 3.63) is 41.7 Å². The van der Waals surface area contributed by atoms with Crippen molar-refractivity contribution in [3.8, 4) is 0 Å². The van der Waals surface area contributed by atoms with Crippen LogP contribution in [0.5, 0.6) is 0 Å². The summed E-state index contributed by atoms with van der Waals surface area (Å²) < 4.78 is 12.1. The lowest BCUT2D eigenvalue weighted by molar-refractivity contribution is -0.134. The molecule has 0 aromatic carbocycles. The topological polar surface area (TPSA) is 51.7 Å². The van der Waals surface area contributed by atoms with E-state index in [1.54, 1.807) is 6.20 Å². The SMILES string of the molecule is O=C(C1=CCCC1)N1CCC2(CC1)OCC[C@H]2CCOCc1cccnc1. The molecule has 1 atom stereocenters. The molecule has 0 radical (unpaired) electrons. The molecule has 3 aliphatic rings. The third kappa shape index (κ3) is 4.25. The molecule has 0 unspecified atom stereocenters. The molecule has 1 aliphatic carbocycles. The lowest BCUT2D eigenvalue weighted by atomic mass is 9.78. The molecule has 1 aromatic heterocycles. The standard InChI is InChI=1S/C22H30N2O3/c25-21(19-5-1-2-6-19)24-12-9-22(10-13-24)20(8-15-27-22)7-14-26-17-18-4-3-11-23-16-18/h3-5,11,16,20H,1-2,6-10,12-15,17H2/t20-/m1/s1. The zero-order chi connectivity index (χ0) is 18.5. The van der Waals surface area contributed by atoms with E-state index in [1.807, 2.05) is 23.2 Å². The summed E-state index contributed by atoms with van der Waals surface area (Å²) in [4.78, 5) is 18.8. The van der Waals surface area contributed by atoms with E-state index in [1.165, 1.54) is 0 Å². The van der Waals surface area contributed by atoms with E-state index in [4.69, 9.17) is 9.47 Å². The van der Waals surface area contributed by atoms with Gasteiger partial charge in [0.2, 0.25) is 5.91 Å². The predicted molar refractivity (Wildman–Crippen MR) is 103 cm³/mol. The first kappa shape index (κ1) is 18.6. The Balaban J connectivity index is 1.25. The summed E-state index contributed by atoms with van der Waals surface area (Å²) in [5, 5.41) is 0. The molecule has 27 heavy (non-hydrogen) atoms. The maximum Gasteiger partial charge on any atom is 0.249 e. The minimum Gasteiger partial charge on any atom is -0.377 e. The molecule has 1 aromatic rings. The Morgan fingerprint density at radius 3 is 3.00 bits per heavy atom. The third-order valence-electron chi connectivity index (χ3n) is 6.41. The molecule has 5 heteroatoms. The maximum absolute atomic E-state index is 12.6. The van der Waals surface area contributed by atoms with Crippen molar-refractivity contribution in [3.63, 3.8) is 0 Å². The smallest absolute Gasteiger partial charge is 0.249 e. The summed E-state index contributed by atoms with van der Waals surface area (Å²) in [6.07, 6.45) is 12.9. The van der Waals surface area contributed by atoms with Gasteiger partial charge < -0.3 is 14.4 Å². The van der Waals surface area contributed by atoms with Crippen LogP contribution in [-0.4, -0.2) is 47.7 Å². The Bertz CT molecular complexity index is 665. The second-order valence-electron chi connectivity index (χ2n) is 8.02. The van der Waals surface area contributed by atoms with Crippen LogP contribution in [0.25, 0.3) is 0 Å². The van der Waals surface area contributed by atoms with Crippen molar-refractivity contribution in [2.75, 3.05) is 26.3 Å². The third-order valence-corrected chi connectivity index (χ3v) is 6.41. The highest BCUT2D eigenvalue weighted by atomic mass is 16.5. The second-order valence-corrected chi connectivity index (χ2v) is 8.02. The Hall–Kier alpha value is -1.72. The first-order chi connectivity index (χ1) is 13.3. The Kier molecular flexibility index (Phi) is 5.89. The fourth-order valence-electron chi connectivity index (χ4n) is 4.80. The molecule has 3 heterocycles. The highest BCUT2D eigenvalue weighted by Crippen LogP contribution is 2.42. The Labute approximate surface area is 161 Å². The van der Waals surface area contributed by atoms with E-state index in [9.17, 15) is 4.79 Å². The van der Waals surface area contributed by atoms with Gasteiger partial charge in [-0.25, -0.2) is 0 Å². The van der Waals surface area contributed by atoms with Gasteiger partial charge in [-0.1, -0.05) is 12.1 Å². The van der Waals surface area contributed by atoms with Crippen LogP contribution >= 0.6 is 0 Å². The lowest BCUT2D eigenvalue weighted by Crippen LogP contribution is -2.49. The Morgan fingerprint density at radius 1 is 1.37 bits per heavy atom. The number of aromatic nitrogens is 1. The quantitative estimate of drug-likeness (QED) is 0.719. The van der Waals surface area contributed by atoms with Crippen LogP contribution in [0.4, 0.5) is 0 Å². The maximum atomic E-state index is 12.6. The van der Waals surface area contributed by atoms with E-state index >= 15 is 0 Å². The number of rotatable bonds is 6. The van der Waals surface area contributed by atoms with Gasteiger partial charge in [0.25, 0.3) is 0 Å². The number of amides is 1. The van der Waals surface area contributed by atoms with Gasteiger partial charge in [0, 0.05) is 44.3 Å². The average molecular weight is 370 g/mol. The van der Waals surface area contributed by atoms with Gasteiger partial charge in [-0.05, 0) is 62.5 Å². The molecule has 0 bridgehead atoms. The zero-order valence-electron chi connectivity index (χ0n) is 16.1. The lowest BCUT2D eigenvalue weighted by Gasteiger charge is -2.42. The van der Waals surface area contributed by atoms with Crippen LogP contribution in [0.15, 0.2) is 36.2 Å². The van der Waals surface area contributed by atoms with Gasteiger partial charge in [0.15, 0.2) is 0 Å². The summed E-state index contributed by atoms with van der Waals surface area (Å²) in [6.45, 7) is 3.85. The first-order valence-electron chi connectivity index (χ1n) is 10.4. The van der Waals surface area contributed by atoms with Gasteiger partial charge in [0.05, 0.1) is 12.2 Å². The van der Waals surface area contributed by atoms with Crippen molar-refractivity contribution >= 4 is 5.91 Å². The number of carbonyl (C=O) groups is 1. The van der Waals surface area contributed by atoms with E-state index in [2.05, 4.69) is 11.1 Å². The fourth-order valence-corrected chi connectivity index (χ4v) is 4.80. The molecular formula is C22H30N2O3. The molecular weight excluding hydrogens is 340 g/mol. The van der Waals surface area contributed by atoms with Crippen LogP contribution in [0.2, 0.25) is 0 Å². The number of ether oxygens (including phenoxy) is 2. The minimum atomic E-state index is -0.0432. The minimum absolute atomic E-state index is 0.0432. The molecule has 146 valence electrons. The number of nitrogens with zero attached hydrogens (tertiary/aromatic N) is 2. The van der Waals surface area contributed by atoms with Crippen LogP contribution in [0, 0.1) is 5.92 Å². The van der Waals surface area contributed by atoms with Crippen molar-refractivity contribution in [1.29, 1.82) is 0 Å². The zero-order valence-corrected chi connectivity index (χ0v) is 16.1. The summed E-state index contributed by atoms with van der Waals surface area (Å²) in [7, 11) is 0. The van der Waals surface area contributed by atoms with Crippen molar-refractivity contribution in [1.82, 2.24) is 9.88 Å². The number of hydrogen-bond donors (Lipinski definition) is 0.